The molecule has 0 amide bonds. The van der Waals surface area contributed by atoms with Gasteiger partial charge in [-0.15, -0.1) is 0 Å². The van der Waals surface area contributed by atoms with Gasteiger partial charge in [0, 0.05) is 0 Å². The zero-order valence-electron chi connectivity index (χ0n) is 11.2. The molecule has 0 aromatic rings. The normalized spacial score (nSPS) is 16.5. The van der Waals surface area contributed by atoms with Crippen molar-refractivity contribution in [2.45, 2.75) is 45.8 Å². The van der Waals surface area contributed by atoms with Crippen LogP contribution in [0.25, 0.3) is 0 Å². The minimum Gasteiger partial charge on any atom is -0.481 e. The molecule has 0 spiro atoms. The lowest BCUT2D eigenvalue weighted by atomic mass is 9.88. The Balaban J connectivity index is 4.91. The number of esters is 1. The topological polar surface area (TPSA) is 107 Å². The Morgan fingerprint density at radius 3 is 2.22 bits per heavy atom. The van der Waals surface area contributed by atoms with Gasteiger partial charge in [0.15, 0.2) is 0 Å². The average Bonchev–Trinajstić information content (AvgIpc) is 2.21. The highest BCUT2D eigenvalue weighted by atomic mass is 16.6. The van der Waals surface area contributed by atoms with E-state index in [1.807, 2.05) is 0 Å². The fraction of sp³-hybridized carbons (Fsp3) is 0.750. The van der Waals surface area contributed by atoms with Crippen molar-refractivity contribution >= 4 is 18.2 Å². The molecule has 0 saturated heterocycles. The van der Waals surface area contributed by atoms with Crippen LogP contribution in [-0.2, 0) is 19.1 Å². The van der Waals surface area contributed by atoms with E-state index in [-0.39, 0.29) is 6.42 Å². The van der Waals surface area contributed by atoms with E-state index < -0.39 is 35.4 Å². The van der Waals surface area contributed by atoms with E-state index in [4.69, 9.17) is 15.6 Å². The van der Waals surface area contributed by atoms with Crippen molar-refractivity contribution in [1.82, 2.24) is 0 Å². The molecule has 3 N–H and O–H groups in total. The highest BCUT2D eigenvalue weighted by Gasteiger charge is 2.34. The van der Waals surface area contributed by atoms with Crippen LogP contribution in [0.15, 0.2) is 0 Å². The second-order valence-corrected chi connectivity index (χ2v) is 5.30. The number of aliphatic carboxylic acids is 1. The first-order chi connectivity index (χ1) is 8.08. The predicted molar refractivity (Wildman–Crippen MR) is 64.8 cm³/mol. The number of hydrogen-bond donors (Lipinski definition) is 2. The first-order valence-corrected chi connectivity index (χ1v) is 5.75. The standard InChI is InChI=1S/C12H21NO5/c1-7(10(15)16)9(5-8(13)6-14)11(17)18-12(2,3)4/h6-9H,5,13H2,1-4H3,(H,15,16). The Morgan fingerprint density at radius 1 is 1.39 bits per heavy atom. The highest BCUT2D eigenvalue weighted by molar-refractivity contribution is 5.81. The lowest BCUT2D eigenvalue weighted by molar-refractivity contribution is -0.166. The monoisotopic (exact) mass is 259 g/mol. The van der Waals surface area contributed by atoms with Crippen molar-refractivity contribution in [3.63, 3.8) is 0 Å². The summed E-state index contributed by atoms with van der Waals surface area (Å²) < 4.78 is 5.14. The summed E-state index contributed by atoms with van der Waals surface area (Å²) in [6.45, 7) is 6.46. The van der Waals surface area contributed by atoms with Crippen molar-refractivity contribution in [2.24, 2.45) is 17.6 Å². The average molecular weight is 259 g/mol. The number of ether oxygens (including phenoxy) is 1. The minimum absolute atomic E-state index is 0.0358. The first kappa shape index (κ1) is 16.6. The van der Waals surface area contributed by atoms with Crippen LogP contribution in [0.3, 0.4) is 0 Å². The molecule has 0 aromatic heterocycles. The quantitative estimate of drug-likeness (QED) is 0.534. The molecule has 0 saturated carbocycles. The lowest BCUT2D eigenvalue weighted by Gasteiger charge is -2.26. The lowest BCUT2D eigenvalue weighted by Crippen LogP contribution is -2.38. The summed E-state index contributed by atoms with van der Waals surface area (Å²) in [5.74, 6) is -3.65. The van der Waals surface area contributed by atoms with Crippen LogP contribution in [0.4, 0.5) is 0 Å². The van der Waals surface area contributed by atoms with Crippen molar-refractivity contribution in [1.29, 1.82) is 0 Å². The fourth-order valence-electron chi connectivity index (χ4n) is 1.40. The molecule has 104 valence electrons. The molecule has 0 fully saturated rings. The van der Waals surface area contributed by atoms with E-state index in [1.165, 1.54) is 6.92 Å². The summed E-state index contributed by atoms with van der Waals surface area (Å²) in [4.78, 5) is 33.4. The van der Waals surface area contributed by atoms with Gasteiger partial charge < -0.3 is 20.4 Å². The molecule has 0 rings (SSSR count). The number of rotatable bonds is 6. The Morgan fingerprint density at radius 2 is 1.89 bits per heavy atom. The van der Waals surface area contributed by atoms with Crippen LogP contribution in [-0.4, -0.2) is 35.0 Å². The summed E-state index contributed by atoms with van der Waals surface area (Å²) in [6, 6.07) is -0.871. The fourth-order valence-corrected chi connectivity index (χ4v) is 1.40. The Labute approximate surface area is 106 Å². The van der Waals surface area contributed by atoms with Crippen LogP contribution in [0.2, 0.25) is 0 Å². The molecule has 18 heavy (non-hydrogen) atoms. The molecule has 0 radical (unpaired) electrons. The van der Waals surface area contributed by atoms with Gasteiger partial charge in [0.05, 0.1) is 17.9 Å². The van der Waals surface area contributed by atoms with E-state index in [0.29, 0.717) is 6.29 Å². The largest absolute Gasteiger partial charge is 0.481 e. The third-order valence-corrected chi connectivity index (χ3v) is 2.40. The minimum atomic E-state index is -1.12. The first-order valence-electron chi connectivity index (χ1n) is 5.75. The van der Waals surface area contributed by atoms with Gasteiger partial charge in [-0.3, -0.25) is 9.59 Å². The van der Waals surface area contributed by atoms with Gasteiger partial charge in [-0.1, -0.05) is 6.92 Å². The smallest absolute Gasteiger partial charge is 0.310 e. The molecular weight excluding hydrogens is 238 g/mol. The van der Waals surface area contributed by atoms with E-state index in [0.717, 1.165) is 0 Å². The maximum atomic E-state index is 11.9. The van der Waals surface area contributed by atoms with Crippen LogP contribution in [0.1, 0.15) is 34.1 Å². The highest BCUT2D eigenvalue weighted by Crippen LogP contribution is 2.22. The van der Waals surface area contributed by atoms with Crippen molar-refractivity contribution in [3.05, 3.63) is 0 Å². The Kier molecular flexibility index (Phi) is 5.97. The van der Waals surface area contributed by atoms with Gasteiger partial charge in [0.25, 0.3) is 0 Å². The second kappa shape index (κ2) is 6.49. The van der Waals surface area contributed by atoms with E-state index in [1.54, 1.807) is 20.8 Å². The zero-order valence-corrected chi connectivity index (χ0v) is 11.2. The molecule has 6 nitrogen and oxygen atoms in total. The maximum absolute atomic E-state index is 11.9. The second-order valence-electron chi connectivity index (χ2n) is 5.30. The van der Waals surface area contributed by atoms with E-state index in [2.05, 4.69) is 0 Å². The molecule has 6 heteroatoms. The molecular formula is C12H21NO5. The summed E-state index contributed by atoms with van der Waals surface area (Å²) in [6.07, 6.45) is 0.456. The van der Waals surface area contributed by atoms with Gasteiger partial charge in [-0.2, -0.15) is 0 Å². The molecule has 3 atom stereocenters. The van der Waals surface area contributed by atoms with Gasteiger partial charge >= 0.3 is 11.9 Å². The number of carbonyl (C=O) groups excluding carboxylic acids is 2. The SMILES string of the molecule is CC(C(=O)O)C(CC(N)C=O)C(=O)OC(C)(C)C. The molecule has 0 aromatic carbocycles. The number of nitrogens with two attached hydrogens (primary N) is 1. The predicted octanol–water partition coefficient (Wildman–Crippen LogP) is 0.581. The number of carboxylic acids is 1. The van der Waals surface area contributed by atoms with Crippen molar-refractivity contribution in [2.75, 3.05) is 0 Å². The molecule has 3 unspecified atom stereocenters. The zero-order chi connectivity index (χ0) is 14.5. The van der Waals surface area contributed by atoms with E-state index in [9.17, 15) is 14.4 Å². The van der Waals surface area contributed by atoms with Crippen molar-refractivity contribution < 1.29 is 24.2 Å². The number of aldehydes is 1. The van der Waals surface area contributed by atoms with Gasteiger partial charge in [0.1, 0.15) is 11.9 Å². The Hall–Kier alpha value is -1.43. The molecule has 0 bridgehead atoms. The molecule has 0 aliphatic heterocycles. The molecule has 0 aliphatic rings. The summed E-state index contributed by atoms with van der Waals surface area (Å²) in [7, 11) is 0. The number of hydrogen-bond acceptors (Lipinski definition) is 5. The maximum Gasteiger partial charge on any atom is 0.310 e. The molecule has 0 aliphatic carbocycles. The summed E-state index contributed by atoms with van der Waals surface area (Å²) in [5.41, 5.74) is 4.74. The van der Waals surface area contributed by atoms with Crippen LogP contribution >= 0.6 is 0 Å². The third-order valence-electron chi connectivity index (χ3n) is 2.40. The van der Waals surface area contributed by atoms with Crippen molar-refractivity contribution in [3.8, 4) is 0 Å². The van der Waals surface area contributed by atoms with Gasteiger partial charge in [-0.25, -0.2) is 0 Å². The van der Waals surface area contributed by atoms with Crippen LogP contribution < -0.4 is 5.73 Å². The van der Waals surface area contributed by atoms with Crippen LogP contribution in [0.5, 0.6) is 0 Å². The Bertz CT molecular complexity index is 321. The van der Waals surface area contributed by atoms with E-state index >= 15 is 0 Å². The van der Waals surface area contributed by atoms with Gasteiger partial charge in [0.2, 0.25) is 0 Å². The summed E-state index contributed by atoms with van der Waals surface area (Å²) in [5, 5.41) is 8.95. The molecule has 0 heterocycles. The number of carboxylic acid groups (broad SMARTS) is 1. The number of carbonyl (C=O) groups is 3. The van der Waals surface area contributed by atoms with Gasteiger partial charge in [-0.05, 0) is 27.2 Å². The third kappa shape index (κ3) is 5.77. The summed E-state index contributed by atoms with van der Waals surface area (Å²) >= 11 is 0. The van der Waals surface area contributed by atoms with Crippen LogP contribution in [0, 0.1) is 11.8 Å².